The number of carbonyl (C=O) groups excluding carboxylic acids is 1. The van der Waals surface area contributed by atoms with E-state index < -0.39 is 0 Å². The van der Waals surface area contributed by atoms with Crippen LogP contribution in [0.4, 0.5) is 0 Å². The molecule has 0 aliphatic heterocycles. The molecule has 1 heterocycles. The zero-order chi connectivity index (χ0) is 23.9. The van der Waals surface area contributed by atoms with Gasteiger partial charge in [0.1, 0.15) is 6.61 Å². The Bertz CT molecular complexity index is 1120. The van der Waals surface area contributed by atoms with Gasteiger partial charge in [0, 0.05) is 5.39 Å². The summed E-state index contributed by atoms with van der Waals surface area (Å²) in [6, 6.07) is 13.7. The van der Waals surface area contributed by atoms with E-state index in [-0.39, 0.29) is 5.97 Å². The lowest BCUT2D eigenvalue weighted by atomic mass is 9.84. The number of ether oxygens (including phenoxy) is 3. The number of benzene rings is 2. The van der Waals surface area contributed by atoms with Crippen LogP contribution in [-0.4, -0.2) is 30.9 Å². The Morgan fingerprint density at radius 2 is 1.74 bits per heavy atom. The zero-order valence-corrected chi connectivity index (χ0v) is 21.7. The maximum atomic E-state index is 12.2. The first kappa shape index (κ1) is 24.6. The van der Waals surface area contributed by atoms with Crippen molar-refractivity contribution >= 4 is 32.8 Å². The van der Waals surface area contributed by atoms with Gasteiger partial charge in [-0.2, -0.15) is 0 Å². The first-order chi connectivity index (χ1) is 16.6. The topological polar surface area (TPSA) is 49.7 Å². The molecule has 1 aromatic heterocycles. The number of esters is 1. The van der Waals surface area contributed by atoms with Crippen LogP contribution in [0.3, 0.4) is 0 Å². The smallest absolute Gasteiger partial charge is 0.337 e. The molecule has 6 heteroatoms. The van der Waals surface area contributed by atoms with Crippen molar-refractivity contribution in [2.45, 2.75) is 64.3 Å². The molecule has 0 unspecified atom stereocenters. The molecule has 1 saturated carbocycles. The van der Waals surface area contributed by atoms with E-state index in [1.54, 1.807) is 0 Å². The molecule has 4 rings (SSSR count). The molecule has 0 bridgehead atoms. The lowest BCUT2D eigenvalue weighted by Gasteiger charge is -2.22. The van der Waals surface area contributed by atoms with Crippen molar-refractivity contribution in [1.82, 2.24) is 4.57 Å². The van der Waals surface area contributed by atoms with Gasteiger partial charge in [-0.15, -0.1) is 0 Å². The van der Waals surface area contributed by atoms with Gasteiger partial charge in [-0.3, -0.25) is 0 Å². The van der Waals surface area contributed by atoms with Crippen molar-refractivity contribution in [2.24, 2.45) is 0 Å². The molecule has 1 fully saturated rings. The fourth-order valence-electron chi connectivity index (χ4n) is 4.85. The number of para-hydroxylation sites is 2. The van der Waals surface area contributed by atoms with Crippen LogP contribution in [0, 0.1) is 0 Å². The molecule has 0 N–H and O–H groups in total. The van der Waals surface area contributed by atoms with Crippen molar-refractivity contribution in [3.8, 4) is 11.5 Å². The van der Waals surface area contributed by atoms with Gasteiger partial charge in [-0.1, -0.05) is 50.8 Å². The zero-order valence-electron chi connectivity index (χ0n) is 20.1. The Kier molecular flexibility index (Phi) is 8.54. The highest BCUT2D eigenvalue weighted by atomic mass is 79.9. The lowest BCUT2D eigenvalue weighted by Crippen LogP contribution is -2.10. The lowest BCUT2D eigenvalue weighted by molar-refractivity contribution is 0.0601. The van der Waals surface area contributed by atoms with E-state index in [2.05, 4.69) is 33.5 Å². The van der Waals surface area contributed by atoms with E-state index in [1.807, 2.05) is 36.4 Å². The van der Waals surface area contributed by atoms with Crippen molar-refractivity contribution in [2.75, 3.05) is 20.3 Å². The maximum Gasteiger partial charge on any atom is 0.337 e. The Morgan fingerprint density at radius 3 is 2.41 bits per heavy atom. The van der Waals surface area contributed by atoms with Gasteiger partial charge < -0.3 is 18.8 Å². The Hall–Kier alpha value is -2.47. The van der Waals surface area contributed by atoms with E-state index in [1.165, 1.54) is 50.2 Å². The highest BCUT2D eigenvalue weighted by Crippen LogP contribution is 2.42. The SMILES string of the molecule is CCCCOc1ccccc1OCCn1c(Br)c(C2CCCCC2)c2ccc(C(=O)OC)cc21. The van der Waals surface area contributed by atoms with Crippen LogP contribution in [0.15, 0.2) is 47.1 Å². The van der Waals surface area contributed by atoms with Crippen LogP contribution in [0.25, 0.3) is 10.9 Å². The third kappa shape index (κ3) is 5.43. The fourth-order valence-corrected chi connectivity index (χ4v) is 5.76. The number of hydrogen-bond donors (Lipinski definition) is 0. The standard InChI is InChI=1S/C28H34BrNO4/c1-3-4-17-33-24-12-8-9-13-25(24)34-18-16-30-23-19-21(28(31)32-2)14-15-22(23)26(27(30)29)20-10-6-5-7-11-20/h8-9,12-15,19-20H,3-7,10-11,16-18H2,1-2H3. The molecule has 0 saturated heterocycles. The molecule has 0 atom stereocenters. The van der Waals surface area contributed by atoms with Crippen molar-refractivity contribution in [1.29, 1.82) is 0 Å². The number of aromatic nitrogens is 1. The van der Waals surface area contributed by atoms with Crippen molar-refractivity contribution < 1.29 is 19.0 Å². The molecule has 5 nitrogen and oxygen atoms in total. The van der Waals surface area contributed by atoms with Gasteiger partial charge in [0.15, 0.2) is 11.5 Å². The largest absolute Gasteiger partial charge is 0.490 e. The van der Waals surface area contributed by atoms with Crippen molar-refractivity contribution in [3.63, 3.8) is 0 Å². The summed E-state index contributed by atoms with van der Waals surface area (Å²) in [7, 11) is 1.42. The second-order valence-electron chi connectivity index (χ2n) is 8.91. The second-order valence-corrected chi connectivity index (χ2v) is 9.66. The van der Waals surface area contributed by atoms with E-state index in [0.29, 0.717) is 31.2 Å². The number of nitrogens with zero attached hydrogens (tertiary/aromatic N) is 1. The quantitative estimate of drug-likeness (QED) is 0.202. The van der Waals surface area contributed by atoms with E-state index in [9.17, 15) is 4.79 Å². The second kappa shape index (κ2) is 11.8. The molecule has 0 amide bonds. The summed E-state index contributed by atoms with van der Waals surface area (Å²) in [5.41, 5.74) is 2.95. The fraction of sp³-hybridized carbons (Fsp3) is 0.464. The minimum Gasteiger partial charge on any atom is -0.490 e. The predicted octanol–water partition coefficient (Wildman–Crippen LogP) is 7.50. The Labute approximate surface area is 210 Å². The first-order valence-corrected chi connectivity index (χ1v) is 13.2. The van der Waals surface area contributed by atoms with Gasteiger partial charge in [-0.05, 0) is 70.9 Å². The van der Waals surface area contributed by atoms with Crippen LogP contribution in [-0.2, 0) is 11.3 Å². The molecule has 1 aliphatic rings. The average molecular weight is 528 g/mol. The molecule has 34 heavy (non-hydrogen) atoms. The minimum atomic E-state index is -0.320. The Balaban J connectivity index is 1.60. The predicted molar refractivity (Wildman–Crippen MR) is 139 cm³/mol. The summed E-state index contributed by atoms with van der Waals surface area (Å²) in [5.74, 6) is 1.75. The molecule has 182 valence electrons. The number of fused-ring (bicyclic) bond motifs is 1. The molecular formula is C28H34BrNO4. The van der Waals surface area contributed by atoms with Crippen LogP contribution >= 0.6 is 15.9 Å². The summed E-state index contributed by atoms with van der Waals surface area (Å²) in [6.07, 6.45) is 8.36. The number of rotatable bonds is 10. The number of carbonyl (C=O) groups is 1. The van der Waals surface area contributed by atoms with Gasteiger partial charge in [0.2, 0.25) is 0 Å². The molecule has 0 spiro atoms. The van der Waals surface area contributed by atoms with Gasteiger partial charge in [0.25, 0.3) is 0 Å². The highest BCUT2D eigenvalue weighted by Gasteiger charge is 2.25. The number of halogens is 1. The average Bonchev–Trinajstić information content (AvgIpc) is 3.15. The molecule has 2 aromatic carbocycles. The van der Waals surface area contributed by atoms with Crippen molar-refractivity contribution in [3.05, 3.63) is 58.2 Å². The summed E-state index contributed by atoms with van der Waals surface area (Å²) in [5, 5.41) is 1.20. The molecule has 1 aliphatic carbocycles. The number of hydrogen-bond acceptors (Lipinski definition) is 4. The third-order valence-corrected chi connectivity index (χ3v) is 7.50. The highest BCUT2D eigenvalue weighted by molar-refractivity contribution is 9.10. The third-order valence-electron chi connectivity index (χ3n) is 6.65. The summed E-state index contributed by atoms with van der Waals surface area (Å²) < 4.78 is 20.4. The summed E-state index contributed by atoms with van der Waals surface area (Å²) >= 11 is 3.92. The van der Waals surface area contributed by atoms with E-state index >= 15 is 0 Å². The summed E-state index contributed by atoms with van der Waals surface area (Å²) in [4.78, 5) is 12.2. The van der Waals surface area contributed by atoms with Crippen LogP contribution < -0.4 is 9.47 Å². The van der Waals surface area contributed by atoms with Gasteiger partial charge >= 0.3 is 5.97 Å². The van der Waals surface area contributed by atoms with Crippen LogP contribution in [0.5, 0.6) is 11.5 Å². The van der Waals surface area contributed by atoms with Gasteiger partial charge in [0.05, 0.1) is 35.9 Å². The molecule has 3 aromatic rings. The normalized spacial score (nSPS) is 14.3. The number of methoxy groups -OCH3 is 1. The van der Waals surface area contributed by atoms with Crippen LogP contribution in [0.2, 0.25) is 0 Å². The van der Waals surface area contributed by atoms with Gasteiger partial charge in [-0.25, -0.2) is 4.79 Å². The molecule has 0 radical (unpaired) electrons. The monoisotopic (exact) mass is 527 g/mol. The minimum absolute atomic E-state index is 0.320. The summed E-state index contributed by atoms with van der Waals surface area (Å²) in [6.45, 7) is 3.98. The van der Waals surface area contributed by atoms with E-state index in [0.717, 1.165) is 34.5 Å². The first-order valence-electron chi connectivity index (χ1n) is 12.4. The molecular weight excluding hydrogens is 494 g/mol. The Morgan fingerprint density at radius 1 is 1.03 bits per heavy atom. The van der Waals surface area contributed by atoms with Crippen LogP contribution in [0.1, 0.15) is 73.7 Å². The van der Waals surface area contributed by atoms with E-state index in [4.69, 9.17) is 14.2 Å². The number of unbranched alkanes of at least 4 members (excludes halogenated alkanes) is 1. The maximum absolute atomic E-state index is 12.2.